The third-order valence-electron chi connectivity index (χ3n) is 3.19. The maximum absolute atomic E-state index is 11.8. The Bertz CT molecular complexity index is 489. The molecule has 1 aromatic heterocycles. The molecule has 0 aliphatic rings. The van der Waals surface area contributed by atoms with Crippen LogP contribution in [-0.4, -0.2) is 26.8 Å². The molecule has 0 unspecified atom stereocenters. The van der Waals surface area contributed by atoms with Crippen LogP contribution in [0.3, 0.4) is 0 Å². The van der Waals surface area contributed by atoms with Crippen molar-refractivity contribution in [1.82, 2.24) is 15.1 Å². The van der Waals surface area contributed by atoms with Gasteiger partial charge in [0.15, 0.2) is 0 Å². The van der Waals surface area contributed by atoms with Gasteiger partial charge < -0.3 is 10.4 Å². The summed E-state index contributed by atoms with van der Waals surface area (Å²) in [4.78, 5) is 22.7. The fourth-order valence-electron chi connectivity index (χ4n) is 1.56. The predicted octanol–water partition coefficient (Wildman–Crippen LogP) is 0.764. The van der Waals surface area contributed by atoms with Crippen molar-refractivity contribution in [2.75, 3.05) is 0 Å². The second-order valence-corrected chi connectivity index (χ2v) is 4.89. The molecule has 6 nitrogen and oxygen atoms in total. The number of hydrogen-bond acceptors (Lipinski definition) is 3. The van der Waals surface area contributed by atoms with Gasteiger partial charge in [-0.2, -0.15) is 5.10 Å². The number of aromatic nitrogens is 2. The third-order valence-corrected chi connectivity index (χ3v) is 3.19. The number of amides is 1. The number of hydrogen-bond donors (Lipinski definition) is 2. The molecule has 0 atom stereocenters. The van der Waals surface area contributed by atoms with Crippen molar-refractivity contribution in [3.63, 3.8) is 0 Å². The lowest BCUT2D eigenvalue weighted by Gasteiger charge is -2.18. The minimum absolute atomic E-state index is 0.293. The number of nitrogens with one attached hydrogen (secondary N) is 1. The van der Waals surface area contributed by atoms with Crippen LogP contribution in [0, 0.1) is 19.3 Å². The summed E-state index contributed by atoms with van der Waals surface area (Å²) in [5.74, 6) is -1.64. The van der Waals surface area contributed by atoms with E-state index in [0.717, 1.165) is 17.0 Å². The number of carboxylic acids is 1. The Balaban J connectivity index is 2.78. The fraction of sp³-hybridized carbons (Fsp3) is 0.583. The van der Waals surface area contributed by atoms with E-state index in [4.69, 9.17) is 5.11 Å². The molecule has 1 aromatic rings. The lowest BCUT2D eigenvalue weighted by Crippen LogP contribution is -2.42. The number of carbonyl (C=O) groups is 2. The number of aryl methyl sites for hydroxylation is 2. The highest BCUT2D eigenvalue weighted by Gasteiger charge is 2.35. The molecule has 0 aromatic carbocycles. The standard InChI is InChI=1S/C12H19N3O3/c1-7-9(8(2)15(5)14-7)6-13-10(16)12(3,4)11(17)18/h6H2,1-5H3,(H,13,16)(H,17,18). The van der Waals surface area contributed by atoms with Crippen LogP contribution in [-0.2, 0) is 23.2 Å². The molecule has 0 bridgehead atoms. The topological polar surface area (TPSA) is 84.2 Å². The fourth-order valence-corrected chi connectivity index (χ4v) is 1.56. The maximum Gasteiger partial charge on any atom is 0.318 e. The summed E-state index contributed by atoms with van der Waals surface area (Å²) in [5, 5.41) is 15.8. The van der Waals surface area contributed by atoms with E-state index in [2.05, 4.69) is 10.4 Å². The predicted molar refractivity (Wildman–Crippen MR) is 65.9 cm³/mol. The molecule has 0 radical (unpaired) electrons. The van der Waals surface area contributed by atoms with Gasteiger partial charge in [-0.25, -0.2) is 0 Å². The van der Waals surface area contributed by atoms with Crippen LogP contribution < -0.4 is 5.32 Å². The number of nitrogens with zero attached hydrogens (tertiary/aromatic N) is 2. The molecule has 1 amide bonds. The first kappa shape index (κ1) is 14.2. The Kier molecular flexibility index (Phi) is 3.79. The maximum atomic E-state index is 11.8. The molecular formula is C12H19N3O3. The van der Waals surface area contributed by atoms with Crippen LogP contribution in [0.15, 0.2) is 0 Å². The zero-order valence-corrected chi connectivity index (χ0v) is 11.4. The zero-order valence-electron chi connectivity index (χ0n) is 11.4. The highest BCUT2D eigenvalue weighted by Crippen LogP contribution is 2.16. The highest BCUT2D eigenvalue weighted by molar-refractivity contribution is 6.00. The zero-order chi connectivity index (χ0) is 14.1. The number of rotatable bonds is 4. The van der Waals surface area contributed by atoms with E-state index in [1.807, 2.05) is 20.9 Å². The average Bonchev–Trinajstić information content (AvgIpc) is 2.50. The number of aliphatic carboxylic acids is 1. The SMILES string of the molecule is Cc1nn(C)c(C)c1CNC(=O)C(C)(C)C(=O)O. The second kappa shape index (κ2) is 4.80. The number of carbonyl (C=O) groups excluding carboxylic acids is 1. The van der Waals surface area contributed by atoms with E-state index >= 15 is 0 Å². The van der Waals surface area contributed by atoms with Gasteiger partial charge in [0.05, 0.1) is 5.69 Å². The molecule has 2 N–H and O–H groups in total. The molecule has 6 heteroatoms. The van der Waals surface area contributed by atoms with E-state index in [0.29, 0.717) is 6.54 Å². The monoisotopic (exact) mass is 253 g/mol. The van der Waals surface area contributed by atoms with Crippen molar-refractivity contribution in [3.05, 3.63) is 17.0 Å². The van der Waals surface area contributed by atoms with Gasteiger partial charge in [0, 0.05) is 24.8 Å². The molecule has 0 saturated carbocycles. The van der Waals surface area contributed by atoms with Crippen LogP contribution in [0.2, 0.25) is 0 Å². The summed E-state index contributed by atoms with van der Waals surface area (Å²) in [6.45, 7) is 6.82. The molecule has 0 aliphatic carbocycles. The molecular weight excluding hydrogens is 234 g/mol. The average molecular weight is 253 g/mol. The summed E-state index contributed by atoms with van der Waals surface area (Å²) >= 11 is 0. The summed E-state index contributed by atoms with van der Waals surface area (Å²) in [6, 6.07) is 0. The Morgan fingerprint density at radius 2 is 1.94 bits per heavy atom. The Labute approximate surface area is 106 Å². The lowest BCUT2D eigenvalue weighted by molar-refractivity contribution is -0.153. The van der Waals surface area contributed by atoms with Gasteiger partial charge in [-0.05, 0) is 27.7 Å². The van der Waals surface area contributed by atoms with Crippen LogP contribution in [0.4, 0.5) is 0 Å². The van der Waals surface area contributed by atoms with Gasteiger partial charge in [0.1, 0.15) is 5.41 Å². The van der Waals surface area contributed by atoms with Gasteiger partial charge in [0.25, 0.3) is 0 Å². The Morgan fingerprint density at radius 3 is 2.33 bits per heavy atom. The molecule has 1 rings (SSSR count). The smallest absolute Gasteiger partial charge is 0.318 e. The van der Waals surface area contributed by atoms with Crippen LogP contribution in [0.1, 0.15) is 30.8 Å². The first-order valence-electron chi connectivity index (χ1n) is 5.68. The third kappa shape index (κ3) is 2.52. The molecule has 100 valence electrons. The van der Waals surface area contributed by atoms with E-state index < -0.39 is 17.3 Å². The largest absolute Gasteiger partial charge is 0.480 e. The highest BCUT2D eigenvalue weighted by atomic mass is 16.4. The molecule has 0 saturated heterocycles. The summed E-state index contributed by atoms with van der Waals surface area (Å²) < 4.78 is 1.74. The van der Waals surface area contributed by atoms with Crippen LogP contribution in [0.25, 0.3) is 0 Å². The van der Waals surface area contributed by atoms with Crippen molar-refractivity contribution in [1.29, 1.82) is 0 Å². The molecule has 0 aliphatic heterocycles. The summed E-state index contributed by atoms with van der Waals surface area (Å²) in [6.07, 6.45) is 0. The molecule has 0 fully saturated rings. The Morgan fingerprint density at radius 1 is 1.39 bits per heavy atom. The summed E-state index contributed by atoms with van der Waals surface area (Å²) in [5.41, 5.74) is 1.29. The van der Waals surface area contributed by atoms with Crippen molar-refractivity contribution >= 4 is 11.9 Å². The van der Waals surface area contributed by atoms with Gasteiger partial charge in [-0.3, -0.25) is 14.3 Å². The summed E-state index contributed by atoms with van der Waals surface area (Å²) in [7, 11) is 1.83. The molecule has 0 spiro atoms. The van der Waals surface area contributed by atoms with Gasteiger partial charge in [-0.15, -0.1) is 0 Å². The second-order valence-electron chi connectivity index (χ2n) is 4.89. The van der Waals surface area contributed by atoms with E-state index in [1.54, 1.807) is 4.68 Å². The quantitative estimate of drug-likeness (QED) is 0.776. The molecule has 1 heterocycles. The minimum Gasteiger partial charge on any atom is -0.480 e. The first-order chi connectivity index (χ1) is 8.17. The van der Waals surface area contributed by atoms with Gasteiger partial charge >= 0.3 is 5.97 Å². The van der Waals surface area contributed by atoms with E-state index in [9.17, 15) is 9.59 Å². The Hall–Kier alpha value is -1.85. The van der Waals surface area contributed by atoms with Crippen molar-refractivity contribution in [2.24, 2.45) is 12.5 Å². The normalized spacial score (nSPS) is 11.4. The van der Waals surface area contributed by atoms with Crippen molar-refractivity contribution in [2.45, 2.75) is 34.2 Å². The van der Waals surface area contributed by atoms with Crippen LogP contribution in [0.5, 0.6) is 0 Å². The van der Waals surface area contributed by atoms with E-state index in [1.165, 1.54) is 13.8 Å². The van der Waals surface area contributed by atoms with E-state index in [-0.39, 0.29) is 0 Å². The van der Waals surface area contributed by atoms with Crippen molar-refractivity contribution in [3.8, 4) is 0 Å². The van der Waals surface area contributed by atoms with Gasteiger partial charge in [-0.1, -0.05) is 0 Å². The van der Waals surface area contributed by atoms with Crippen LogP contribution >= 0.6 is 0 Å². The van der Waals surface area contributed by atoms with Crippen molar-refractivity contribution < 1.29 is 14.7 Å². The molecule has 18 heavy (non-hydrogen) atoms. The minimum atomic E-state index is -1.43. The first-order valence-corrected chi connectivity index (χ1v) is 5.68. The number of carboxylic acid groups (broad SMARTS) is 1. The lowest BCUT2D eigenvalue weighted by atomic mass is 9.92. The van der Waals surface area contributed by atoms with Gasteiger partial charge in [0.2, 0.25) is 5.91 Å².